The molecule has 0 bridgehead atoms. The van der Waals surface area contributed by atoms with Gasteiger partial charge < -0.3 is 10.2 Å². The van der Waals surface area contributed by atoms with Gasteiger partial charge in [-0.15, -0.1) is 0 Å². The maximum atomic E-state index is 4.68. The van der Waals surface area contributed by atoms with Crippen LogP contribution in [-0.2, 0) is 13.6 Å². The van der Waals surface area contributed by atoms with Crippen molar-refractivity contribution < 1.29 is 0 Å². The minimum Gasteiger partial charge on any atom is -0.354 e. The third kappa shape index (κ3) is 3.79. The monoisotopic (exact) mass is 292 g/mol. The Morgan fingerprint density at radius 3 is 2.57 bits per heavy atom. The van der Waals surface area contributed by atoms with E-state index in [4.69, 9.17) is 0 Å². The summed E-state index contributed by atoms with van der Waals surface area (Å²) in [4.78, 5) is 2.65. The Morgan fingerprint density at radius 2 is 2.00 bits per heavy atom. The van der Waals surface area contributed by atoms with Crippen LogP contribution in [-0.4, -0.2) is 29.4 Å². The van der Waals surface area contributed by atoms with Crippen LogP contribution in [0, 0.1) is 12.8 Å². The van der Waals surface area contributed by atoms with Gasteiger partial charge in [-0.3, -0.25) is 4.68 Å². The van der Waals surface area contributed by atoms with Crippen molar-refractivity contribution in [3.05, 3.63) is 11.3 Å². The molecule has 1 heterocycles. The molecule has 1 aromatic rings. The average molecular weight is 292 g/mol. The summed E-state index contributed by atoms with van der Waals surface area (Å²) in [5, 5.41) is 7.99. The van der Waals surface area contributed by atoms with Gasteiger partial charge in [0, 0.05) is 31.7 Å². The number of hydrogen-bond donors (Lipinski definition) is 1. The minimum absolute atomic E-state index is 0.703. The summed E-state index contributed by atoms with van der Waals surface area (Å²) < 4.78 is 2.10. The maximum absolute atomic E-state index is 4.68. The lowest BCUT2D eigenvalue weighted by atomic mass is 10.1. The number of anilines is 1. The summed E-state index contributed by atoms with van der Waals surface area (Å²) in [6, 6.07) is 0.703. The first kappa shape index (κ1) is 16.3. The number of aryl methyl sites for hydroxylation is 2. The van der Waals surface area contributed by atoms with Crippen LogP contribution < -0.4 is 10.2 Å². The van der Waals surface area contributed by atoms with Gasteiger partial charge in [0.05, 0.1) is 5.69 Å². The van der Waals surface area contributed by atoms with Gasteiger partial charge in [0.25, 0.3) is 0 Å². The van der Waals surface area contributed by atoms with Gasteiger partial charge in [-0.1, -0.05) is 26.7 Å². The zero-order valence-electron chi connectivity index (χ0n) is 14.4. The molecule has 0 amide bonds. The van der Waals surface area contributed by atoms with Crippen LogP contribution >= 0.6 is 0 Å². The highest BCUT2D eigenvalue weighted by molar-refractivity contribution is 5.51. The highest BCUT2D eigenvalue weighted by atomic mass is 15.4. The first-order valence-electron chi connectivity index (χ1n) is 8.48. The fourth-order valence-corrected chi connectivity index (χ4v) is 3.51. The topological polar surface area (TPSA) is 33.1 Å². The van der Waals surface area contributed by atoms with Gasteiger partial charge in [-0.25, -0.2) is 0 Å². The minimum atomic E-state index is 0.703. The summed E-state index contributed by atoms with van der Waals surface area (Å²) in [7, 11) is 4.11. The number of hydrogen-bond acceptors (Lipinski definition) is 3. The molecule has 1 aromatic heterocycles. The number of nitrogens with one attached hydrogen (secondary N) is 1. The summed E-state index contributed by atoms with van der Waals surface area (Å²) in [5.74, 6) is 2.09. The molecule has 0 radical (unpaired) electrons. The predicted molar refractivity (Wildman–Crippen MR) is 89.8 cm³/mol. The molecule has 0 unspecified atom stereocenters. The molecule has 4 nitrogen and oxygen atoms in total. The second-order valence-electron chi connectivity index (χ2n) is 6.86. The Morgan fingerprint density at radius 1 is 1.33 bits per heavy atom. The highest BCUT2D eigenvalue weighted by Crippen LogP contribution is 2.32. The summed E-state index contributed by atoms with van der Waals surface area (Å²) in [5.41, 5.74) is 2.53. The predicted octanol–water partition coefficient (Wildman–Crippen LogP) is 3.24. The Hall–Kier alpha value is -1.03. The molecule has 2 rings (SSSR count). The largest absolute Gasteiger partial charge is 0.354 e. The van der Waals surface area contributed by atoms with E-state index in [-0.39, 0.29) is 0 Å². The SMILES string of the molecule is CNCc1c(C)nn(C)c1N(CCC(C)C)C1CCCC1. The van der Waals surface area contributed by atoms with Crippen molar-refractivity contribution in [2.75, 3.05) is 18.5 Å². The molecule has 0 aromatic carbocycles. The number of rotatable bonds is 7. The zero-order chi connectivity index (χ0) is 15.4. The highest BCUT2D eigenvalue weighted by Gasteiger charge is 2.27. The van der Waals surface area contributed by atoms with Gasteiger partial charge in [0.1, 0.15) is 5.82 Å². The van der Waals surface area contributed by atoms with Gasteiger partial charge >= 0.3 is 0 Å². The Kier molecular flexibility index (Phi) is 5.68. The summed E-state index contributed by atoms with van der Waals surface area (Å²) in [6.45, 7) is 8.81. The Bertz CT molecular complexity index is 444. The maximum Gasteiger partial charge on any atom is 0.131 e. The van der Waals surface area contributed by atoms with Gasteiger partial charge in [-0.05, 0) is 39.2 Å². The van der Waals surface area contributed by atoms with E-state index in [0.717, 1.165) is 24.7 Å². The molecule has 1 fully saturated rings. The molecule has 0 aliphatic heterocycles. The molecular weight excluding hydrogens is 260 g/mol. The Balaban J connectivity index is 2.30. The van der Waals surface area contributed by atoms with E-state index in [1.807, 2.05) is 7.05 Å². The first-order valence-corrected chi connectivity index (χ1v) is 8.48. The molecule has 1 N–H and O–H groups in total. The lowest BCUT2D eigenvalue weighted by molar-refractivity contribution is 0.515. The van der Waals surface area contributed by atoms with Crippen molar-refractivity contribution >= 4 is 5.82 Å². The molecule has 1 aliphatic carbocycles. The zero-order valence-corrected chi connectivity index (χ0v) is 14.4. The second-order valence-corrected chi connectivity index (χ2v) is 6.86. The van der Waals surface area contributed by atoms with E-state index >= 15 is 0 Å². The second kappa shape index (κ2) is 7.30. The normalized spacial score (nSPS) is 16.1. The lowest BCUT2D eigenvalue weighted by Gasteiger charge is -2.32. The molecule has 0 spiro atoms. The third-order valence-electron chi connectivity index (χ3n) is 4.65. The van der Waals surface area contributed by atoms with E-state index < -0.39 is 0 Å². The summed E-state index contributed by atoms with van der Waals surface area (Å²) in [6.07, 6.45) is 6.67. The smallest absolute Gasteiger partial charge is 0.131 e. The lowest BCUT2D eigenvalue weighted by Crippen LogP contribution is -2.37. The van der Waals surface area contributed by atoms with Crippen LogP contribution in [0.1, 0.15) is 57.2 Å². The van der Waals surface area contributed by atoms with Crippen LogP contribution in [0.15, 0.2) is 0 Å². The van der Waals surface area contributed by atoms with E-state index in [9.17, 15) is 0 Å². The van der Waals surface area contributed by atoms with Crippen molar-refractivity contribution in [1.29, 1.82) is 0 Å². The van der Waals surface area contributed by atoms with Crippen LogP contribution in [0.3, 0.4) is 0 Å². The van der Waals surface area contributed by atoms with E-state index in [2.05, 4.69) is 47.8 Å². The molecule has 21 heavy (non-hydrogen) atoms. The number of aromatic nitrogens is 2. The molecule has 4 heteroatoms. The van der Waals surface area contributed by atoms with E-state index in [1.54, 1.807) is 0 Å². The van der Waals surface area contributed by atoms with Crippen LogP contribution in [0.25, 0.3) is 0 Å². The molecular formula is C17H32N4. The fourth-order valence-electron chi connectivity index (χ4n) is 3.51. The quantitative estimate of drug-likeness (QED) is 0.837. The van der Waals surface area contributed by atoms with Crippen molar-refractivity contribution in [3.8, 4) is 0 Å². The molecule has 1 aliphatic rings. The standard InChI is InChI=1S/C17H32N4/c1-13(2)10-11-21(15-8-6-7-9-15)17-16(12-18-4)14(3)19-20(17)5/h13,15,18H,6-12H2,1-5H3. The van der Waals surface area contributed by atoms with Gasteiger partial charge in [0.15, 0.2) is 0 Å². The Labute approximate surface area is 129 Å². The third-order valence-corrected chi connectivity index (χ3v) is 4.65. The number of nitrogens with zero attached hydrogens (tertiary/aromatic N) is 3. The van der Waals surface area contributed by atoms with Crippen LogP contribution in [0.4, 0.5) is 5.82 Å². The van der Waals surface area contributed by atoms with E-state index in [1.165, 1.54) is 43.5 Å². The van der Waals surface area contributed by atoms with Crippen molar-refractivity contribution in [2.24, 2.45) is 13.0 Å². The molecule has 1 saturated carbocycles. The first-order chi connectivity index (χ1) is 10.0. The average Bonchev–Trinajstić information content (AvgIpc) is 3.02. The van der Waals surface area contributed by atoms with Gasteiger partial charge in [0.2, 0.25) is 0 Å². The van der Waals surface area contributed by atoms with Gasteiger partial charge in [-0.2, -0.15) is 5.10 Å². The molecule has 120 valence electrons. The summed E-state index contributed by atoms with van der Waals surface area (Å²) >= 11 is 0. The molecule has 0 saturated heterocycles. The van der Waals surface area contributed by atoms with Crippen LogP contribution in [0.5, 0.6) is 0 Å². The van der Waals surface area contributed by atoms with Crippen LogP contribution in [0.2, 0.25) is 0 Å². The van der Waals surface area contributed by atoms with E-state index in [0.29, 0.717) is 6.04 Å². The van der Waals surface area contributed by atoms with Crippen molar-refractivity contribution in [1.82, 2.24) is 15.1 Å². The van der Waals surface area contributed by atoms with Crippen molar-refractivity contribution in [3.63, 3.8) is 0 Å². The van der Waals surface area contributed by atoms with Crippen molar-refractivity contribution in [2.45, 2.75) is 65.5 Å². The molecule has 0 atom stereocenters. The fraction of sp³-hybridized carbons (Fsp3) is 0.824.